The average molecular weight is 259 g/mol. The number of hydrogen-bond acceptors (Lipinski definition) is 3. The van der Waals surface area contributed by atoms with Crippen LogP contribution in [-0.2, 0) is 13.5 Å². The van der Waals surface area contributed by atoms with E-state index >= 15 is 0 Å². The van der Waals surface area contributed by atoms with Crippen molar-refractivity contribution >= 4 is 0 Å². The fraction of sp³-hybridized carbons (Fsp3) is 0.400. The number of methoxy groups -OCH3 is 1. The van der Waals surface area contributed by atoms with Crippen LogP contribution in [-0.4, -0.2) is 23.2 Å². The van der Waals surface area contributed by atoms with E-state index in [9.17, 15) is 0 Å². The third-order valence-electron chi connectivity index (χ3n) is 3.31. The molecule has 0 aliphatic rings. The van der Waals surface area contributed by atoms with E-state index in [1.54, 1.807) is 7.11 Å². The number of benzene rings is 1. The van der Waals surface area contributed by atoms with Gasteiger partial charge in [-0.2, -0.15) is 0 Å². The summed E-state index contributed by atoms with van der Waals surface area (Å²) in [5, 5.41) is 3.51. The van der Waals surface area contributed by atoms with Gasteiger partial charge >= 0.3 is 0 Å². The minimum Gasteiger partial charge on any atom is -0.497 e. The summed E-state index contributed by atoms with van der Waals surface area (Å²) in [5.41, 5.74) is 1.24. The quantitative estimate of drug-likeness (QED) is 0.865. The molecule has 1 heterocycles. The second-order valence-electron chi connectivity index (χ2n) is 4.66. The summed E-state index contributed by atoms with van der Waals surface area (Å²) in [7, 11) is 3.71. The maximum atomic E-state index is 5.24. The molecule has 1 aromatic carbocycles. The Morgan fingerprint density at radius 3 is 2.95 bits per heavy atom. The number of aromatic nitrogens is 2. The van der Waals surface area contributed by atoms with Crippen LogP contribution < -0.4 is 10.1 Å². The molecule has 0 spiro atoms. The number of hydrogen-bond donors (Lipinski definition) is 1. The van der Waals surface area contributed by atoms with E-state index in [4.69, 9.17) is 4.74 Å². The number of nitrogens with zero attached hydrogens (tertiary/aromatic N) is 2. The number of rotatable bonds is 6. The summed E-state index contributed by atoms with van der Waals surface area (Å²) >= 11 is 0. The van der Waals surface area contributed by atoms with Gasteiger partial charge in [-0.25, -0.2) is 4.98 Å². The Labute approximate surface area is 114 Å². The van der Waals surface area contributed by atoms with Crippen molar-refractivity contribution in [3.8, 4) is 5.75 Å². The zero-order chi connectivity index (χ0) is 13.7. The topological polar surface area (TPSA) is 39.1 Å². The van der Waals surface area contributed by atoms with E-state index in [2.05, 4.69) is 33.9 Å². The van der Waals surface area contributed by atoms with Gasteiger partial charge in [0.1, 0.15) is 11.6 Å². The van der Waals surface area contributed by atoms with Crippen LogP contribution in [0.5, 0.6) is 5.75 Å². The highest BCUT2D eigenvalue weighted by Gasteiger charge is 2.06. The summed E-state index contributed by atoms with van der Waals surface area (Å²) in [6.45, 7) is 3.07. The molecule has 0 unspecified atom stereocenters. The molecule has 0 aliphatic heterocycles. The molecule has 102 valence electrons. The monoisotopic (exact) mass is 259 g/mol. The molecule has 0 saturated carbocycles. The highest BCUT2D eigenvalue weighted by Crippen LogP contribution is 2.18. The lowest BCUT2D eigenvalue weighted by molar-refractivity contribution is 0.413. The van der Waals surface area contributed by atoms with Crippen molar-refractivity contribution in [1.29, 1.82) is 0 Å². The van der Waals surface area contributed by atoms with Gasteiger partial charge in [-0.3, -0.25) is 0 Å². The van der Waals surface area contributed by atoms with Crippen LogP contribution in [0.3, 0.4) is 0 Å². The minimum atomic E-state index is 0.301. The first-order valence-corrected chi connectivity index (χ1v) is 6.54. The summed E-state index contributed by atoms with van der Waals surface area (Å²) in [4.78, 5) is 4.32. The Balaban J connectivity index is 1.87. The van der Waals surface area contributed by atoms with Gasteiger partial charge in [0.05, 0.1) is 7.11 Å². The lowest BCUT2D eigenvalue weighted by Crippen LogP contribution is -2.22. The van der Waals surface area contributed by atoms with Gasteiger partial charge in [0, 0.05) is 38.4 Å². The molecule has 0 amide bonds. The zero-order valence-electron chi connectivity index (χ0n) is 11.8. The van der Waals surface area contributed by atoms with Crippen molar-refractivity contribution in [3.63, 3.8) is 0 Å². The molecule has 0 fully saturated rings. The fourth-order valence-electron chi connectivity index (χ4n) is 2.07. The second kappa shape index (κ2) is 6.38. The number of ether oxygens (including phenoxy) is 1. The SMILES string of the molecule is COc1cccc([C@@H](C)NCCc2nccn2C)c1. The third kappa shape index (κ3) is 3.58. The molecule has 19 heavy (non-hydrogen) atoms. The molecule has 2 aromatic rings. The molecule has 1 N–H and O–H groups in total. The Bertz CT molecular complexity index is 522. The smallest absolute Gasteiger partial charge is 0.119 e. The standard InChI is InChI=1S/C15H21N3O/c1-12(13-5-4-6-14(11-13)19-3)16-8-7-15-17-9-10-18(15)2/h4-6,9-12,16H,7-8H2,1-3H3/t12-/m1/s1. The van der Waals surface area contributed by atoms with Crippen LogP contribution in [0.15, 0.2) is 36.7 Å². The van der Waals surface area contributed by atoms with Crippen LogP contribution in [0.4, 0.5) is 0 Å². The molecule has 1 atom stereocenters. The highest BCUT2D eigenvalue weighted by molar-refractivity contribution is 5.30. The molecular weight excluding hydrogens is 238 g/mol. The molecule has 1 aromatic heterocycles. The van der Waals surface area contributed by atoms with E-state index in [1.807, 2.05) is 31.6 Å². The van der Waals surface area contributed by atoms with Gasteiger partial charge in [0.15, 0.2) is 0 Å². The van der Waals surface area contributed by atoms with Crippen molar-refractivity contribution in [3.05, 3.63) is 48.0 Å². The Hall–Kier alpha value is -1.81. The first-order valence-electron chi connectivity index (χ1n) is 6.54. The number of aryl methyl sites for hydroxylation is 1. The molecule has 0 aliphatic carbocycles. The van der Waals surface area contributed by atoms with Crippen LogP contribution in [0, 0.1) is 0 Å². The van der Waals surface area contributed by atoms with Crippen molar-refractivity contribution in [1.82, 2.24) is 14.9 Å². The fourth-order valence-corrected chi connectivity index (χ4v) is 2.07. The molecule has 0 bridgehead atoms. The summed E-state index contributed by atoms with van der Waals surface area (Å²) in [6.07, 6.45) is 4.74. The van der Waals surface area contributed by atoms with E-state index in [0.717, 1.165) is 24.5 Å². The highest BCUT2D eigenvalue weighted by atomic mass is 16.5. The second-order valence-corrected chi connectivity index (χ2v) is 4.66. The van der Waals surface area contributed by atoms with Crippen LogP contribution in [0.25, 0.3) is 0 Å². The van der Waals surface area contributed by atoms with Gasteiger partial charge in [-0.1, -0.05) is 12.1 Å². The van der Waals surface area contributed by atoms with Crippen LogP contribution >= 0.6 is 0 Å². The van der Waals surface area contributed by atoms with Gasteiger partial charge in [-0.15, -0.1) is 0 Å². The molecule has 4 nitrogen and oxygen atoms in total. The molecule has 2 rings (SSSR count). The predicted molar refractivity (Wildman–Crippen MR) is 76.3 cm³/mol. The van der Waals surface area contributed by atoms with E-state index < -0.39 is 0 Å². The average Bonchev–Trinajstić information content (AvgIpc) is 2.84. The van der Waals surface area contributed by atoms with Crippen LogP contribution in [0.1, 0.15) is 24.4 Å². The first kappa shape index (κ1) is 13.6. The van der Waals surface area contributed by atoms with Crippen molar-refractivity contribution in [2.45, 2.75) is 19.4 Å². The van der Waals surface area contributed by atoms with Crippen molar-refractivity contribution < 1.29 is 4.74 Å². The molecule has 0 saturated heterocycles. The summed E-state index contributed by atoms with van der Waals surface area (Å²) in [5.74, 6) is 2.00. The Morgan fingerprint density at radius 1 is 1.42 bits per heavy atom. The van der Waals surface area contributed by atoms with Gasteiger partial charge < -0.3 is 14.6 Å². The van der Waals surface area contributed by atoms with Crippen molar-refractivity contribution in [2.24, 2.45) is 7.05 Å². The van der Waals surface area contributed by atoms with Gasteiger partial charge in [0.25, 0.3) is 0 Å². The van der Waals surface area contributed by atoms with E-state index in [-0.39, 0.29) is 0 Å². The van der Waals surface area contributed by atoms with Gasteiger partial charge in [-0.05, 0) is 24.6 Å². The molecule has 4 heteroatoms. The van der Waals surface area contributed by atoms with E-state index in [0.29, 0.717) is 6.04 Å². The number of nitrogens with one attached hydrogen (secondary N) is 1. The molecule has 0 radical (unpaired) electrons. The lowest BCUT2D eigenvalue weighted by Gasteiger charge is -2.15. The minimum absolute atomic E-state index is 0.301. The summed E-state index contributed by atoms with van der Waals surface area (Å²) < 4.78 is 7.30. The predicted octanol–water partition coefficient (Wildman–Crippen LogP) is 2.32. The largest absolute Gasteiger partial charge is 0.497 e. The van der Waals surface area contributed by atoms with E-state index in [1.165, 1.54) is 5.56 Å². The first-order chi connectivity index (χ1) is 9.20. The third-order valence-corrected chi connectivity index (χ3v) is 3.31. The Kier molecular flexibility index (Phi) is 4.58. The molecular formula is C15H21N3O. The van der Waals surface area contributed by atoms with Crippen LogP contribution in [0.2, 0.25) is 0 Å². The zero-order valence-corrected chi connectivity index (χ0v) is 11.8. The van der Waals surface area contributed by atoms with Crippen molar-refractivity contribution in [2.75, 3.05) is 13.7 Å². The maximum absolute atomic E-state index is 5.24. The normalized spacial score (nSPS) is 12.4. The lowest BCUT2D eigenvalue weighted by atomic mass is 10.1. The summed E-state index contributed by atoms with van der Waals surface area (Å²) in [6, 6.07) is 8.46. The Morgan fingerprint density at radius 2 is 2.26 bits per heavy atom. The van der Waals surface area contributed by atoms with Gasteiger partial charge in [0.2, 0.25) is 0 Å². The maximum Gasteiger partial charge on any atom is 0.119 e. The number of imidazole rings is 1.